The van der Waals surface area contributed by atoms with E-state index in [0.29, 0.717) is 5.92 Å². The zero-order chi connectivity index (χ0) is 12.8. The van der Waals surface area contributed by atoms with E-state index in [1.807, 2.05) is 25.1 Å². The highest BCUT2D eigenvalue weighted by molar-refractivity contribution is 5.28. The van der Waals surface area contributed by atoms with Crippen LogP contribution in [0.15, 0.2) is 18.2 Å². The Hall–Kier alpha value is -0.890. The Morgan fingerprint density at radius 3 is 2.59 bits per heavy atom. The summed E-state index contributed by atoms with van der Waals surface area (Å²) in [5.41, 5.74) is 1.54. The maximum Gasteiger partial charge on any atom is 0.130 e. The maximum atomic E-state index is 14.1. The Morgan fingerprint density at radius 1 is 1.29 bits per heavy atom. The molecule has 1 rings (SSSR count). The van der Waals surface area contributed by atoms with Crippen LogP contribution in [0.3, 0.4) is 0 Å². The van der Waals surface area contributed by atoms with Gasteiger partial charge >= 0.3 is 0 Å². The Bertz CT molecular complexity index is 349. The van der Waals surface area contributed by atoms with Crippen molar-refractivity contribution < 1.29 is 4.39 Å². The highest BCUT2D eigenvalue weighted by Gasteiger charge is 2.21. The van der Waals surface area contributed by atoms with Gasteiger partial charge in [0.2, 0.25) is 0 Å². The van der Waals surface area contributed by atoms with E-state index in [1.165, 1.54) is 0 Å². The minimum Gasteiger partial charge on any atom is -0.310 e. The molecule has 0 aliphatic heterocycles. The molecule has 0 aromatic heterocycles. The summed E-state index contributed by atoms with van der Waals surface area (Å²) in [4.78, 5) is 0. The van der Waals surface area contributed by atoms with Crippen LogP contribution in [0.25, 0.3) is 0 Å². The predicted molar refractivity (Wildman–Crippen MR) is 71.6 cm³/mol. The third-order valence-electron chi connectivity index (χ3n) is 3.29. The first-order chi connectivity index (χ1) is 8.11. The summed E-state index contributed by atoms with van der Waals surface area (Å²) < 4.78 is 14.1. The zero-order valence-corrected chi connectivity index (χ0v) is 11.4. The van der Waals surface area contributed by atoms with Crippen molar-refractivity contribution >= 4 is 0 Å². The van der Waals surface area contributed by atoms with E-state index in [1.54, 1.807) is 0 Å². The van der Waals surface area contributed by atoms with E-state index < -0.39 is 0 Å². The SMILES string of the molecule is CCCC(C)C(NCC)c1cccc(C)c1F. The van der Waals surface area contributed by atoms with Crippen molar-refractivity contribution in [1.82, 2.24) is 5.32 Å². The van der Waals surface area contributed by atoms with Gasteiger partial charge in [0.1, 0.15) is 5.82 Å². The Morgan fingerprint density at radius 2 is 2.00 bits per heavy atom. The Labute approximate surface area is 104 Å². The molecule has 0 aliphatic carbocycles. The number of hydrogen-bond acceptors (Lipinski definition) is 1. The van der Waals surface area contributed by atoms with Gasteiger partial charge in [-0.15, -0.1) is 0 Å². The fraction of sp³-hybridized carbons (Fsp3) is 0.600. The van der Waals surface area contributed by atoms with Crippen LogP contribution in [0.4, 0.5) is 4.39 Å². The third kappa shape index (κ3) is 3.53. The van der Waals surface area contributed by atoms with Crippen molar-refractivity contribution in [3.63, 3.8) is 0 Å². The summed E-state index contributed by atoms with van der Waals surface area (Å²) in [5, 5.41) is 3.41. The molecular weight excluding hydrogens is 213 g/mol. The van der Waals surface area contributed by atoms with Gasteiger partial charge in [-0.3, -0.25) is 0 Å². The molecule has 2 unspecified atom stereocenters. The molecule has 0 heterocycles. The summed E-state index contributed by atoms with van der Waals surface area (Å²) in [7, 11) is 0. The second kappa shape index (κ2) is 6.75. The van der Waals surface area contributed by atoms with E-state index in [4.69, 9.17) is 0 Å². The second-order valence-corrected chi connectivity index (χ2v) is 4.78. The first-order valence-corrected chi connectivity index (χ1v) is 6.60. The van der Waals surface area contributed by atoms with Gasteiger partial charge < -0.3 is 5.32 Å². The molecular formula is C15H24FN. The standard InChI is InChI=1S/C15H24FN/c1-5-8-12(4)15(17-6-2)13-10-7-9-11(3)14(13)16/h7,9-10,12,15,17H,5-6,8H2,1-4H3. The smallest absolute Gasteiger partial charge is 0.130 e. The summed E-state index contributed by atoms with van der Waals surface area (Å²) in [6.07, 6.45) is 2.25. The van der Waals surface area contributed by atoms with Crippen molar-refractivity contribution in [3.05, 3.63) is 35.1 Å². The third-order valence-corrected chi connectivity index (χ3v) is 3.29. The topological polar surface area (TPSA) is 12.0 Å². The zero-order valence-electron chi connectivity index (χ0n) is 11.4. The van der Waals surface area contributed by atoms with Crippen LogP contribution in [-0.2, 0) is 0 Å². The van der Waals surface area contributed by atoms with Gasteiger partial charge in [0.15, 0.2) is 0 Å². The molecule has 2 atom stereocenters. The average Bonchev–Trinajstić information content (AvgIpc) is 2.30. The van der Waals surface area contributed by atoms with Crippen molar-refractivity contribution in [1.29, 1.82) is 0 Å². The number of aryl methyl sites for hydroxylation is 1. The number of nitrogens with one attached hydrogen (secondary N) is 1. The van der Waals surface area contributed by atoms with Crippen LogP contribution in [0.2, 0.25) is 0 Å². The van der Waals surface area contributed by atoms with E-state index in [-0.39, 0.29) is 11.9 Å². The monoisotopic (exact) mass is 237 g/mol. The van der Waals surface area contributed by atoms with Crippen molar-refractivity contribution in [2.45, 2.75) is 46.6 Å². The lowest BCUT2D eigenvalue weighted by atomic mass is 9.90. The van der Waals surface area contributed by atoms with Crippen molar-refractivity contribution in [3.8, 4) is 0 Å². The molecule has 0 fully saturated rings. The van der Waals surface area contributed by atoms with Gasteiger partial charge in [-0.1, -0.05) is 45.4 Å². The second-order valence-electron chi connectivity index (χ2n) is 4.78. The molecule has 0 amide bonds. The van der Waals surface area contributed by atoms with E-state index in [0.717, 1.165) is 30.5 Å². The molecule has 1 N–H and O–H groups in total. The van der Waals surface area contributed by atoms with Gasteiger partial charge in [0, 0.05) is 11.6 Å². The van der Waals surface area contributed by atoms with E-state index in [2.05, 4.69) is 26.1 Å². The molecule has 96 valence electrons. The molecule has 0 saturated carbocycles. The predicted octanol–water partition coefficient (Wildman–Crippen LogP) is 4.22. The minimum absolute atomic E-state index is 0.0543. The molecule has 1 aromatic rings. The first-order valence-electron chi connectivity index (χ1n) is 6.60. The van der Waals surface area contributed by atoms with Crippen molar-refractivity contribution in [2.24, 2.45) is 5.92 Å². The van der Waals surface area contributed by atoms with Gasteiger partial charge in [-0.25, -0.2) is 4.39 Å². The molecule has 0 aliphatic rings. The largest absolute Gasteiger partial charge is 0.310 e. The highest BCUT2D eigenvalue weighted by Crippen LogP contribution is 2.28. The van der Waals surface area contributed by atoms with Gasteiger partial charge in [-0.2, -0.15) is 0 Å². The molecule has 0 radical (unpaired) electrons. The molecule has 1 nitrogen and oxygen atoms in total. The van der Waals surface area contributed by atoms with Gasteiger partial charge in [0.05, 0.1) is 0 Å². The van der Waals surface area contributed by atoms with Crippen LogP contribution in [0.1, 0.15) is 50.8 Å². The van der Waals surface area contributed by atoms with E-state index >= 15 is 0 Å². The Kier molecular flexibility index (Phi) is 5.63. The van der Waals surface area contributed by atoms with Crippen LogP contribution in [0.5, 0.6) is 0 Å². The van der Waals surface area contributed by atoms with Crippen LogP contribution >= 0.6 is 0 Å². The number of hydrogen-bond donors (Lipinski definition) is 1. The normalized spacial score (nSPS) is 14.6. The fourth-order valence-electron chi connectivity index (χ4n) is 2.37. The molecule has 2 heteroatoms. The number of rotatable bonds is 6. The van der Waals surface area contributed by atoms with Crippen LogP contribution < -0.4 is 5.32 Å². The summed E-state index contributed by atoms with van der Waals surface area (Å²) >= 11 is 0. The number of halogens is 1. The quantitative estimate of drug-likeness (QED) is 0.781. The van der Waals surface area contributed by atoms with Crippen LogP contribution in [0, 0.1) is 18.7 Å². The molecule has 0 saturated heterocycles. The lowest BCUT2D eigenvalue weighted by molar-refractivity contribution is 0.358. The molecule has 1 aromatic carbocycles. The Balaban J connectivity index is 3.00. The fourth-order valence-corrected chi connectivity index (χ4v) is 2.37. The van der Waals surface area contributed by atoms with Gasteiger partial charge in [-0.05, 0) is 31.4 Å². The van der Waals surface area contributed by atoms with Crippen molar-refractivity contribution in [2.75, 3.05) is 6.54 Å². The first kappa shape index (κ1) is 14.2. The lowest BCUT2D eigenvalue weighted by Gasteiger charge is -2.26. The molecule has 17 heavy (non-hydrogen) atoms. The summed E-state index contributed by atoms with van der Waals surface area (Å²) in [6.45, 7) is 9.13. The van der Waals surface area contributed by atoms with Gasteiger partial charge in [0.25, 0.3) is 0 Å². The maximum absolute atomic E-state index is 14.1. The highest BCUT2D eigenvalue weighted by atomic mass is 19.1. The molecule has 0 spiro atoms. The number of benzene rings is 1. The van der Waals surface area contributed by atoms with Crippen LogP contribution in [-0.4, -0.2) is 6.54 Å². The molecule has 0 bridgehead atoms. The minimum atomic E-state index is -0.0543. The summed E-state index contributed by atoms with van der Waals surface area (Å²) in [5.74, 6) is 0.401. The summed E-state index contributed by atoms with van der Waals surface area (Å²) in [6, 6.07) is 5.80. The average molecular weight is 237 g/mol. The lowest BCUT2D eigenvalue weighted by Crippen LogP contribution is -2.27. The van der Waals surface area contributed by atoms with E-state index in [9.17, 15) is 4.39 Å².